The summed E-state index contributed by atoms with van der Waals surface area (Å²) >= 11 is 6.44. The number of carbonyl (C=O) groups is 1. The van der Waals surface area contributed by atoms with E-state index in [1.807, 2.05) is 18.2 Å². The molecule has 0 bridgehead atoms. The van der Waals surface area contributed by atoms with Crippen LogP contribution < -0.4 is 16.0 Å². The van der Waals surface area contributed by atoms with Gasteiger partial charge in [0.25, 0.3) is 0 Å². The first kappa shape index (κ1) is 23.9. The summed E-state index contributed by atoms with van der Waals surface area (Å²) in [4.78, 5) is 21.8. The van der Waals surface area contributed by atoms with Crippen molar-refractivity contribution in [1.29, 1.82) is 0 Å². The third-order valence-electron chi connectivity index (χ3n) is 6.30. The summed E-state index contributed by atoms with van der Waals surface area (Å²) in [5, 5.41) is 10.2. The molecule has 33 heavy (non-hydrogen) atoms. The quantitative estimate of drug-likeness (QED) is 0.539. The van der Waals surface area contributed by atoms with Crippen molar-refractivity contribution in [2.24, 2.45) is 11.8 Å². The van der Waals surface area contributed by atoms with Gasteiger partial charge in [-0.15, -0.1) is 0 Å². The number of amides is 1. The van der Waals surface area contributed by atoms with Gasteiger partial charge in [0.1, 0.15) is 11.6 Å². The Labute approximate surface area is 199 Å². The van der Waals surface area contributed by atoms with Crippen molar-refractivity contribution in [2.75, 3.05) is 50.7 Å². The average Bonchev–Trinajstić information content (AvgIpc) is 2.85. The normalized spacial score (nSPS) is 21.5. The molecule has 2 saturated heterocycles. The third kappa shape index (κ3) is 6.63. The number of ether oxygens (including phenoxy) is 2. The zero-order valence-corrected chi connectivity index (χ0v) is 19.7. The summed E-state index contributed by atoms with van der Waals surface area (Å²) in [6.45, 7) is 3.80. The van der Waals surface area contributed by atoms with Gasteiger partial charge in [0.2, 0.25) is 5.91 Å². The highest BCUT2D eigenvalue weighted by Crippen LogP contribution is 2.29. The Morgan fingerprint density at radius 3 is 2.85 bits per heavy atom. The topological polar surface area (TPSA) is 97.4 Å². The van der Waals surface area contributed by atoms with Crippen LogP contribution in [0, 0.1) is 11.8 Å². The van der Waals surface area contributed by atoms with Gasteiger partial charge in [0.05, 0.1) is 23.2 Å². The van der Waals surface area contributed by atoms with Crippen molar-refractivity contribution in [2.45, 2.75) is 31.7 Å². The lowest BCUT2D eigenvalue weighted by atomic mass is 9.94. The van der Waals surface area contributed by atoms with Crippen molar-refractivity contribution in [1.82, 2.24) is 15.3 Å². The molecule has 2 aliphatic rings. The Kier molecular flexibility index (Phi) is 8.50. The Morgan fingerprint density at radius 1 is 1.24 bits per heavy atom. The summed E-state index contributed by atoms with van der Waals surface area (Å²) in [5.41, 5.74) is 1.47. The second kappa shape index (κ2) is 11.7. The van der Waals surface area contributed by atoms with Gasteiger partial charge in [-0.25, -0.2) is 9.97 Å². The van der Waals surface area contributed by atoms with E-state index in [2.05, 4.69) is 20.9 Å². The van der Waals surface area contributed by atoms with Crippen molar-refractivity contribution < 1.29 is 14.3 Å². The number of methoxy groups -OCH3 is 1. The monoisotopic (exact) mass is 473 g/mol. The highest BCUT2D eigenvalue weighted by Gasteiger charge is 2.26. The van der Waals surface area contributed by atoms with E-state index >= 15 is 0 Å². The van der Waals surface area contributed by atoms with E-state index < -0.39 is 0 Å². The maximum Gasteiger partial charge on any atom is 0.229 e. The molecular formula is C24H32ClN5O3. The molecular weight excluding hydrogens is 442 g/mol. The fourth-order valence-corrected chi connectivity index (χ4v) is 4.50. The van der Waals surface area contributed by atoms with Crippen LogP contribution in [0.15, 0.2) is 30.5 Å². The fourth-order valence-electron chi connectivity index (χ4n) is 4.30. The molecule has 2 atom stereocenters. The number of rotatable bonds is 8. The van der Waals surface area contributed by atoms with Gasteiger partial charge >= 0.3 is 0 Å². The lowest BCUT2D eigenvalue weighted by molar-refractivity contribution is -0.120. The molecule has 0 radical (unpaired) electrons. The van der Waals surface area contributed by atoms with Crippen LogP contribution in [0.25, 0.3) is 11.3 Å². The molecule has 0 aromatic carbocycles. The molecule has 4 rings (SSSR count). The van der Waals surface area contributed by atoms with Crippen LogP contribution in [0.2, 0.25) is 5.02 Å². The van der Waals surface area contributed by atoms with Gasteiger partial charge in [0.15, 0.2) is 0 Å². The number of aromatic nitrogens is 2. The number of pyridine rings is 2. The minimum Gasteiger partial charge on any atom is -0.383 e. The van der Waals surface area contributed by atoms with Gasteiger partial charge in [-0.2, -0.15) is 0 Å². The first-order valence-corrected chi connectivity index (χ1v) is 12.0. The average molecular weight is 474 g/mol. The molecule has 2 unspecified atom stereocenters. The number of piperidine rings is 1. The number of hydrogen-bond donors (Lipinski definition) is 3. The molecule has 0 aliphatic carbocycles. The lowest BCUT2D eigenvalue weighted by Crippen LogP contribution is -2.45. The smallest absolute Gasteiger partial charge is 0.229 e. The molecule has 1 amide bonds. The van der Waals surface area contributed by atoms with Crippen molar-refractivity contribution in [3.63, 3.8) is 0 Å². The second-order valence-corrected chi connectivity index (χ2v) is 9.13. The second-order valence-electron chi connectivity index (χ2n) is 8.72. The number of carbonyl (C=O) groups excluding carboxylic acids is 1. The number of halogens is 1. The van der Waals surface area contributed by atoms with Crippen LogP contribution in [0.4, 0.5) is 11.6 Å². The number of anilines is 2. The van der Waals surface area contributed by atoms with Gasteiger partial charge in [-0.05, 0) is 49.8 Å². The van der Waals surface area contributed by atoms with E-state index in [1.165, 1.54) is 0 Å². The van der Waals surface area contributed by atoms with Gasteiger partial charge in [-0.1, -0.05) is 17.7 Å². The van der Waals surface area contributed by atoms with Crippen LogP contribution in [-0.4, -0.2) is 61.9 Å². The molecule has 8 nitrogen and oxygen atoms in total. The van der Waals surface area contributed by atoms with Crippen LogP contribution >= 0.6 is 11.6 Å². The number of hydrogen-bond acceptors (Lipinski definition) is 7. The summed E-state index contributed by atoms with van der Waals surface area (Å²) in [7, 11) is 1.69. The molecule has 2 aromatic rings. The minimum atomic E-state index is -0.102. The Balaban J connectivity index is 1.39. The van der Waals surface area contributed by atoms with Gasteiger partial charge < -0.3 is 25.4 Å². The lowest BCUT2D eigenvalue weighted by Gasteiger charge is -2.28. The zero-order valence-electron chi connectivity index (χ0n) is 19.0. The fraction of sp³-hybridized carbons (Fsp3) is 0.542. The Morgan fingerprint density at radius 2 is 2.09 bits per heavy atom. The molecule has 2 aliphatic heterocycles. The van der Waals surface area contributed by atoms with Crippen LogP contribution in [0.5, 0.6) is 0 Å². The number of nitrogens with zero attached hydrogens (tertiary/aromatic N) is 2. The van der Waals surface area contributed by atoms with E-state index in [4.69, 9.17) is 26.1 Å². The molecule has 3 N–H and O–H groups in total. The van der Waals surface area contributed by atoms with Crippen molar-refractivity contribution in [3.8, 4) is 11.3 Å². The first-order chi connectivity index (χ1) is 16.1. The van der Waals surface area contributed by atoms with Gasteiger partial charge in [-0.3, -0.25) is 4.79 Å². The van der Waals surface area contributed by atoms with Crippen molar-refractivity contribution in [3.05, 3.63) is 35.5 Å². The van der Waals surface area contributed by atoms with Gasteiger partial charge in [0, 0.05) is 51.2 Å². The number of nitrogens with one attached hydrogen (secondary N) is 3. The van der Waals surface area contributed by atoms with E-state index in [0.29, 0.717) is 36.0 Å². The molecule has 178 valence electrons. The Bertz CT molecular complexity index is 930. The Hall–Kier alpha value is -2.26. The maximum absolute atomic E-state index is 12.8. The van der Waals surface area contributed by atoms with Crippen molar-refractivity contribution >= 4 is 29.1 Å². The maximum atomic E-state index is 12.8. The summed E-state index contributed by atoms with van der Waals surface area (Å²) in [6.07, 6.45) is 5.41. The highest BCUT2D eigenvalue weighted by molar-refractivity contribution is 6.33. The standard InChI is InChI=1S/C24H32ClN5O3/c1-32-15-18-6-5-17(13-26-18)24(31)30-23-11-19(20(25)14-28-23)21-3-2-4-22(29-21)27-12-16-7-9-33-10-8-16/h2-4,11,14,16-18,26H,5-10,12-13,15H2,1H3,(H,27,29)(H,28,30,31). The van der Waals surface area contributed by atoms with Crippen LogP contribution in [0.3, 0.4) is 0 Å². The minimum absolute atomic E-state index is 0.0426. The molecule has 4 heterocycles. The van der Waals surface area contributed by atoms with Crippen LogP contribution in [-0.2, 0) is 14.3 Å². The first-order valence-electron chi connectivity index (χ1n) is 11.6. The molecule has 0 saturated carbocycles. The van der Waals surface area contributed by atoms with E-state index in [9.17, 15) is 4.79 Å². The third-order valence-corrected chi connectivity index (χ3v) is 6.60. The molecule has 9 heteroatoms. The van der Waals surface area contributed by atoms with E-state index in [1.54, 1.807) is 19.4 Å². The molecule has 2 aromatic heterocycles. The summed E-state index contributed by atoms with van der Waals surface area (Å²) in [6, 6.07) is 7.90. The predicted molar refractivity (Wildman–Crippen MR) is 130 cm³/mol. The molecule has 0 spiro atoms. The summed E-state index contributed by atoms with van der Waals surface area (Å²) < 4.78 is 10.6. The van der Waals surface area contributed by atoms with E-state index in [0.717, 1.165) is 62.5 Å². The highest BCUT2D eigenvalue weighted by atomic mass is 35.5. The zero-order chi connectivity index (χ0) is 23.0. The van der Waals surface area contributed by atoms with E-state index in [-0.39, 0.29) is 11.8 Å². The SMILES string of the molecule is COCC1CCC(C(=O)Nc2cc(-c3cccc(NCC4CCOCC4)n3)c(Cl)cn2)CN1. The van der Waals surface area contributed by atoms with Crippen LogP contribution in [0.1, 0.15) is 25.7 Å². The molecule has 2 fully saturated rings. The largest absolute Gasteiger partial charge is 0.383 e. The summed E-state index contributed by atoms with van der Waals surface area (Å²) in [5.74, 6) is 1.72. The predicted octanol–water partition coefficient (Wildman–Crippen LogP) is 3.59.